The van der Waals surface area contributed by atoms with Gasteiger partial charge in [0.05, 0.1) is 12.8 Å². The minimum absolute atomic E-state index is 0.678. The van der Waals surface area contributed by atoms with Crippen molar-refractivity contribution in [1.29, 1.82) is 0 Å². The Labute approximate surface area is 126 Å². The van der Waals surface area contributed by atoms with Crippen molar-refractivity contribution in [2.45, 2.75) is 19.9 Å². The molecule has 1 aromatic heterocycles. The molecule has 0 saturated carbocycles. The maximum atomic E-state index is 5.67. The van der Waals surface area contributed by atoms with Gasteiger partial charge < -0.3 is 15.4 Å². The molecule has 0 aliphatic carbocycles. The normalized spacial score (nSPS) is 10.4. The van der Waals surface area contributed by atoms with Gasteiger partial charge >= 0.3 is 0 Å². The van der Waals surface area contributed by atoms with Crippen molar-refractivity contribution in [2.24, 2.45) is 5.73 Å². The van der Waals surface area contributed by atoms with Crippen LogP contribution in [0.3, 0.4) is 0 Å². The number of ether oxygens (including phenoxy) is 1. The second-order valence-corrected chi connectivity index (χ2v) is 5.11. The fraction of sp³-hybridized carbons (Fsp3) is 0.353. The Morgan fingerprint density at radius 2 is 2.05 bits per heavy atom. The Bertz CT molecular complexity index is 571. The molecule has 0 fully saturated rings. The highest BCUT2D eigenvalue weighted by molar-refractivity contribution is 5.58. The maximum absolute atomic E-state index is 5.67. The Balaban J connectivity index is 2.25. The zero-order valence-electron chi connectivity index (χ0n) is 12.7. The number of aromatic nitrogens is 1. The van der Waals surface area contributed by atoms with E-state index >= 15 is 0 Å². The molecule has 0 saturated heterocycles. The number of nitrogens with zero attached hydrogens (tertiary/aromatic N) is 2. The largest absolute Gasteiger partial charge is 0.495 e. The van der Waals surface area contributed by atoms with Crippen LogP contribution in [0.5, 0.6) is 5.75 Å². The molecule has 0 radical (unpaired) electrons. The summed E-state index contributed by atoms with van der Waals surface area (Å²) in [6.07, 6.45) is 4.73. The summed E-state index contributed by atoms with van der Waals surface area (Å²) in [6, 6.07) is 10.2. The number of anilines is 1. The van der Waals surface area contributed by atoms with Gasteiger partial charge in [-0.25, -0.2) is 0 Å². The number of pyridine rings is 1. The van der Waals surface area contributed by atoms with Crippen LogP contribution in [0.4, 0.5) is 5.69 Å². The predicted molar refractivity (Wildman–Crippen MR) is 86.7 cm³/mol. The molecule has 4 heteroatoms. The van der Waals surface area contributed by atoms with E-state index in [-0.39, 0.29) is 0 Å². The first-order valence-electron chi connectivity index (χ1n) is 7.23. The van der Waals surface area contributed by atoms with Crippen LogP contribution in [-0.2, 0) is 6.54 Å². The Kier molecular flexibility index (Phi) is 5.58. The van der Waals surface area contributed by atoms with Crippen LogP contribution in [-0.4, -0.2) is 25.2 Å². The average Bonchev–Trinajstić information content (AvgIpc) is 2.51. The number of nitrogens with two attached hydrogens (primary N) is 1. The molecule has 21 heavy (non-hydrogen) atoms. The van der Waals surface area contributed by atoms with Gasteiger partial charge in [0.1, 0.15) is 5.75 Å². The van der Waals surface area contributed by atoms with E-state index in [1.807, 2.05) is 30.6 Å². The molecule has 2 rings (SSSR count). The van der Waals surface area contributed by atoms with Crippen LogP contribution < -0.4 is 15.4 Å². The number of para-hydroxylation sites is 2. The summed E-state index contributed by atoms with van der Waals surface area (Å²) in [5, 5.41) is 0. The molecule has 0 bridgehead atoms. The van der Waals surface area contributed by atoms with Crippen LogP contribution in [0.2, 0.25) is 0 Å². The fourth-order valence-corrected chi connectivity index (χ4v) is 2.38. The lowest BCUT2D eigenvalue weighted by molar-refractivity contribution is 0.414. The van der Waals surface area contributed by atoms with E-state index in [1.165, 1.54) is 11.1 Å². The van der Waals surface area contributed by atoms with E-state index in [0.717, 1.165) is 30.9 Å². The van der Waals surface area contributed by atoms with Crippen LogP contribution in [0, 0.1) is 6.92 Å². The average molecular weight is 285 g/mol. The van der Waals surface area contributed by atoms with Gasteiger partial charge in [0.25, 0.3) is 0 Å². The first kappa shape index (κ1) is 15.3. The summed E-state index contributed by atoms with van der Waals surface area (Å²) in [5.41, 5.74) is 9.13. The lowest BCUT2D eigenvalue weighted by Crippen LogP contribution is -2.26. The number of methoxy groups -OCH3 is 1. The molecule has 4 nitrogen and oxygen atoms in total. The van der Waals surface area contributed by atoms with E-state index in [2.05, 4.69) is 28.9 Å². The van der Waals surface area contributed by atoms with Gasteiger partial charge in [0.15, 0.2) is 0 Å². The predicted octanol–water partition coefficient (Wildman–Crippen LogP) is 2.75. The number of aryl methyl sites for hydroxylation is 1. The Morgan fingerprint density at radius 1 is 1.24 bits per heavy atom. The van der Waals surface area contributed by atoms with Crippen LogP contribution >= 0.6 is 0 Å². The topological polar surface area (TPSA) is 51.4 Å². The van der Waals surface area contributed by atoms with Crippen molar-refractivity contribution in [2.75, 3.05) is 25.1 Å². The standard InChI is InChI=1S/C17H23N3O/c1-14-10-15(12-19-11-14)13-20(9-5-8-18)16-6-3-4-7-17(16)21-2/h3-4,6-7,10-12H,5,8-9,13,18H2,1-2H3. The number of benzene rings is 1. The van der Waals surface area contributed by atoms with E-state index in [0.29, 0.717) is 6.54 Å². The number of hydrogen-bond donors (Lipinski definition) is 1. The van der Waals surface area contributed by atoms with Crippen LogP contribution in [0.15, 0.2) is 42.7 Å². The molecule has 1 aromatic carbocycles. The van der Waals surface area contributed by atoms with Crippen molar-refractivity contribution in [3.05, 3.63) is 53.9 Å². The molecular formula is C17H23N3O. The van der Waals surface area contributed by atoms with Crippen LogP contribution in [0.25, 0.3) is 0 Å². The minimum Gasteiger partial charge on any atom is -0.495 e. The minimum atomic E-state index is 0.678. The summed E-state index contributed by atoms with van der Waals surface area (Å²) in [6.45, 7) is 4.43. The molecule has 0 aliphatic rings. The molecular weight excluding hydrogens is 262 g/mol. The van der Waals surface area contributed by atoms with Crippen molar-refractivity contribution < 1.29 is 4.74 Å². The lowest BCUT2D eigenvalue weighted by Gasteiger charge is -2.26. The van der Waals surface area contributed by atoms with Gasteiger partial charge in [-0.3, -0.25) is 4.98 Å². The fourth-order valence-electron chi connectivity index (χ4n) is 2.38. The van der Waals surface area contributed by atoms with Gasteiger partial charge in [-0.05, 0) is 43.1 Å². The zero-order chi connectivity index (χ0) is 15.1. The summed E-state index contributed by atoms with van der Waals surface area (Å²) >= 11 is 0. The van der Waals surface area contributed by atoms with E-state index in [4.69, 9.17) is 10.5 Å². The number of rotatable bonds is 7. The molecule has 0 amide bonds. The first-order chi connectivity index (χ1) is 10.2. The molecule has 0 unspecified atom stereocenters. The number of hydrogen-bond acceptors (Lipinski definition) is 4. The molecule has 0 atom stereocenters. The van der Waals surface area contributed by atoms with Crippen molar-refractivity contribution >= 4 is 5.69 Å². The van der Waals surface area contributed by atoms with Crippen molar-refractivity contribution in [3.63, 3.8) is 0 Å². The highest BCUT2D eigenvalue weighted by Gasteiger charge is 2.12. The van der Waals surface area contributed by atoms with E-state index < -0.39 is 0 Å². The Morgan fingerprint density at radius 3 is 2.76 bits per heavy atom. The zero-order valence-corrected chi connectivity index (χ0v) is 12.7. The molecule has 1 heterocycles. The van der Waals surface area contributed by atoms with Crippen molar-refractivity contribution in [1.82, 2.24) is 4.98 Å². The van der Waals surface area contributed by atoms with Gasteiger partial charge in [0.2, 0.25) is 0 Å². The SMILES string of the molecule is COc1ccccc1N(CCCN)Cc1cncc(C)c1. The molecule has 112 valence electrons. The summed E-state index contributed by atoms with van der Waals surface area (Å²) in [7, 11) is 1.70. The highest BCUT2D eigenvalue weighted by Crippen LogP contribution is 2.29. The van der Waals surface area contributed by atoms with Gasteiger partial charge in [0, 0.05) is 25.5 Å². The third-order valence-corrected chi connectivity index (χ3v) is 3.36. The second kappa shape index (κ2) is 7.64. The van der Waals surface area contributed by atoms with Crippen LogP contribution in [0.1, 0.15) is 17.5 Å². The molecule has 2 N–H and O–H groups in total. The lowest BCUT2D eigenvalue weighted by atomic mass is 10.2. The Hall–Kier alpha value is -2.07. The maximum Gasteiger partial charge on any atom is 0.142 e. The third kappa shape index (κ3) is 4.20. The summed E-state index contributed by atoms with van der Waals surface area (Å²) < 4.78 is 5.48. The van der Waals surface area contributed by atoms with Crippen molar-refractivity contribution in [3.8, 4) is 5.75 Å². The molecule has 0 aliphatic heterocycles. The third-order valence-electron chi connectivity index (χ3n) is 3.36. The molecule has 2 aromatic rings. The van der Waals surface area contributed by atoms with E-state index in [9.17, 15) is 0 Å². The second-order valence-electron chi connectivity index (χ2n) is 5.11. The van der Waals surface area contributed by atoms with E-state index in [1.54, 1.807) is 7.11 Å². The first-order valence-corrected chi connectivity index (χ1v) is 7.23. The van der Waals surface area contributed by atoms with Gasteiger partial charge in [-0.1, -0.05) is 18.2 Å². The molecule has 0 spiro atoms. The van der Waals surface area contributed by atoms with Gasteiger partial charge in [-0.2, -0.15) is 0 Å². The summed E-state index contributed by atoms with van der Waals surface area (Å²) in [5.74, 6) is 0.884. The smallest absolute Gasteiger partial charge is 0.142 e. The highest BCUT2D eigenvalue weighted by atomic mass is 16.5. The summed E-state index contributed by atoms with van der Waals surface area (Å²) in [4.78, 5) is 6.56. The quantitative estimate of drug-likeness (QED) is 0.850. The monoisotopic (exact) mass is 285 g/mol. The van der Waals surface area contributed by atoms with Gasteiger partial charge in [-0.15, -0.1) is 0 Å².